The molecule has 0 fully saturated rings. The van der Waals surface area contributed by atoms with Crippen LogP contribution in [0.2, 0.25) is 0 Å². The summed E-state index contributed by atoms with van der Waals surface area (Å²) in [5.41, 5.74) is 3.78. The van der Waals surface area contributed by atoms with E-state index in [1.165, 1.54) is 0 Å². The first-order valence-corrected chi connectivity index (χ1v) is 6.16. The van der Waals surface area contributed by atoms with Gasteiger partial charge in [0, 0.05) is 16.6 Å². The van der Waals surface area contributed by atoms with Crippen LogP contribution in [0.5, 0.6) is 11.5 Å². The first-order chi connectivity index (χ1) is 8.08. The smallest absolute Gasteiger partial charge is 0.166 e. The predicted octanol–water partition coefficient (Wildman–Crippen LogP) is 2.90. The highest BCUT2D eigenvalue weighted by atomic mass is 79.9. The molecule has 0 atom stereocenters. The second-order valence-corrected chi connectivity index (χ2v) is 4.70. The Balaban J connectivity index is 3.08. The van der Waals surface area contributed by atoms with Crippen LogP contribution in [0.3, 0.4) is 0 Å². The van der Waals surface area contributed by atoms with Crippen LogP contribution in [0.4, 0.5) is 0 Å². The lowest BCUT2D eigenvalue weighted by Gasteiger charge is -2.18. The SMILES string of the molecule is CONCc1cc(Br)cc(OC)c1OC(C)C. The van der Waals surface area contributed by atoms with Gasteiger partial charge in [0.15, 0.2) is 11.5 Å². The van der Waals surface area contributed by atoms with Gasteiger partial charge < -0.3 is 14.3 Å². The summed E-state index contributed by atoms with van der Waals surface area (Å²) in [5, 5.41) is 0. The van der Waals surface area contributed by atoms with Crippen molar-refractivity contribution in [1.29, 1.82) is 0 Å². The Labute approximate surface area is 110 Å². The Morgan fingerprint density at radius 3 is 2.53 bits per heavy atom. The molecule has 0 saturated heterocycles. The maximum atomic E-state index is 5.78. The molecule has 96 valence electrons. The van der Waals surface area contributed by atoms with E-state index in [1.54, 1.807) is 14.2 Å². The molecule has 0 aliphatic carbocycles. The van der Waals surface area contributed by atoms with Crippen LogP contribution in [0.15, 0.2) is 16.6 Å². The molecule has 0 spiro atoms. The highest BCUT2D eigenvalue weighted by Crippen LogP contribution is 2.35. The molecule has 1 rings (SSSR count). The lowest BCUT2D eigenvalue weighted by molar-refractivity contribution is 0.0854. The van der Waals surface area contributed by atoms with E-state index in [2.05, 4.69) is 21.4 Å². The fraction of sp³-hybridized carbons (Fsp3) is 0.500. The molecule has 5 heteroatoms. The van der Waals surface area contributed by atoms with E-state index in [9.17, 15) is 0 Å². The molecule has 4 nitrogen and oxygen atoms in total. The summed E-state index contributed by atoms with van der Waals surface area (Å²) in [4.78, 5) is 4.86. The second kappa shape index (κ2) is 6.83. The van der Waals surface area contributed by atoms with E-state index < -0.39 is 0 Å². The number of rotatable bonds is 6. The van der Waals surface area contributed by atoms with Crippen molar-refractivity contribution in [1.82, 2.24) is 5.48 Å². The van der Waals surface area contributed by atoms with Crippen molar-refractivity contribution in [2.75, 3.05) is 14.2 Å². The van der Waals surface area contributed by atoms with Crippen LogP contribution in [0.1, 0.15) is 19.4 Å². The monoisotopic (exact) mass is 303 g/mol. The highest BCUT2D eigenvalue weighted by molar-refractivity contribution is 9.10. The van der Waals surface area contributed by atoms with Gasteiger partial charge in [0.05, 0.1) is 20.3 Å². The largest absolute Gasteiger partial charge is 0.493 e. The quantitative estimate of drug-likeness (QED) is 0.820. The predicted molar refractivity (Wildman–Crippen MR) is 70.3 cm³/mol. The standard InChI is InChI=1S/C12H18BrNO3/c1-8(2)17-12-9(7-14-16-4)5-10(13)6-11(12)15-3/h5-6,8,14H,7H2,1-4H3. The Morgan fingerprint density at radius 2 is 2.00 bits per heavy atom. The van der Waals surface area contributed by atoms with E-state index in [4.69, 9.17) is 14.3 Å². The van der Waals surface area contributed by atoms with Crippen LogP contribution in [0.25, 0.3) is 0 Å². The van der Waals surface area contributed by atoms with E-state index >= 15 is 0 Å². The first kappa shape index (κ1) is 14.3. The van der Waals surface area contributed by atoms with E-state index in [0.717, 1.165) is 15.8 Å². The molecule has 1 N–H and O–H groups in total. The van der Waals surface area contributed by atoms with Crippen molar-refractivity contribution in [2.45, 2.75) is 26.5 Å². The molecule has 0 radical (unpaired) electrons. The van der Waals surface area contributed by atoms with Crippen molar-refractivity contribution >= 4 is 15.9 Å². The number of hydroxylamine groups is 1. The van der Waals surface area contributed by atoms with E-state index in [1.807, 2.05) is 26.0 Å². The molecule has 0 bridgehead atoms. The zero-order chi connectivity index (χ0) is 12.8. The van der Waals surface area contributed by atoms with Gasteiger partial charge in [-0.25, -0.2) is 0 Å². The van der Waals surface area contributed by atoms with Gasteiger partial charge in [-0.3, -0.25) is 0 Å². The van der Waals surface area contributed by atoms with Crippen LogP contribution in [-0.2, 0) is 11.4 Å². The topological polar surface area (TPSA) is 39.7 Å². The summed E-state index contributed by atoms with van der Waals surface area (Å²) in [5.74, 6) is 1.45. The Hall–Kier alpha value is -0.780. The van der Waals surface area contributed by atoms with Gasteiger partial charge in [0.1, 0.15) is 0 Å². The maximum absolute atomic E-state index is 5.78. The minimum Gasteiger partial charge on any atom is -0.493 e. The highest BCUT2D eigenvalue weighted by Gasteiger charge is 2.13. The summed E-state index contributed by atoms with van der Waals surface area (Å²) < 4.78 is 12.0. The molecular weight excluding hydrogens is 286 g/mol. The third-order valence-electron chi connectivity index (χ3n) is 2.08. The van der Waals surface area contributed by atoms with E-state index in [0.29, 0.717) is 12.3 Å². The molecular formula is C12H18BrNO3. The number of hydrogen-bond acceptors (Lipinski definition) is 4. The van der Waals surface area contributed by atoms with Crippen LogP contribution in [0, 0.1) is 0 Å². The van der Waals surface area contributed by atoms with Gasteiger partial charge in [-0.15, -0.1) is 0 Å². The molecule has 0 saturated carbocycles. The summed E-state index contributed by atoms with van der Waals surface area (Å²) in [6.07, 6.45) is 0.0892. The van der Waals surface area contributed by atoms with Crippen LogP contribution in [-0.4, -0.2) is 20.3 Å². The van der Waals surface area contributed by atoms with Crippen LogP contribution >= 0.6 is 15.9 Å². The molecule has 0 aromatic heterocycles. The Bertz CT molecular complexity index is 369. The minimum absolute atomic E-state index is 0.0892. The zero-order valence-corrected chi connectivity index (χ0v) is 12.1. The number of halogens is 1. The van der Waals surface area contributed by atoms with Gasteiger partial charge in [-0.1, -0.05) is 15.9 Å². The van der Waals surface area contributed by atoms with Crippen molar-refractivity contribution in [2.24, 2.45) is 0 Å². The number of ether oxygens (including phenoxy) is 2. The number of methoxy groups -OCH3 is 1. The third-order valence-corrected chi connectivity index (χ3v) is 2.53. The second-order valence-electron chi connectivity index (χ2n) is 3.79. The van der Waals surface area contributed by atoms with Crippen molar-refractivity contribution in [3.8, 4) is 11.5 Å². The molecule has 1 aromatic carbocycles. The van der Waals surface area contributed by atoms with Crippen molar-refractivity contribution in [3.63, 3.8) is 0 Å². The molecule has 0 aliphatic heterocycles. The zero-order valence-electron chi connectivity index (χ0n) is 10.5. The average Bonchev–Trinajstić information content (AvgIpc) is 2.28. The number of benzene rings is 1. The molecule has 0 aliphatic rings. The normalized spacial score (nSPS) is 10.7. The summed E-state index contributed by atoms with van der Waals surface area (Å²) in [6, 6.07) is 3.86. The lowest BCUT2D eigenvalue weighted by atomic mass is 10.2. The Morgan fingerprint density at radius 1 is 1.29 bits per heavy atom. The van der Waals surface area contributed by atoms with Gasteiger partial charge in [-0.2, -0.15) is 5.48 Å². The van der Waals surface area contributed by atoms with Gasteiger partial charge in [0.2, 0.25) is 0 Å². The van der Waals surface area contributed by atoms with Gasteiger partial charge >= 0.3 is 0 Å². The third kappa shape index (κ3) is 4.18. The van der Waals surface area contributed by atoms with Gasteiger partial charge in [-0.05, 0) is 26.0 Å². The summed E-state index contributed by atoms with van der Waals surface area (Å²) in [7, 11) is 3.21. The van der Waals surface area contributed by atoms with Gasteiger partial charge in [0.25, 0.3) is 0 Å². The molecule has 1 aromatic rings. The summed E-state index contributed by atoms with van der Waals surface area (Å²) >= 11 is 3.44. The molecule has 0 heterocycles. The fourth-order valence-corrected chi connectivity index (χ4v) is 1.91. The maximum Gasteiger partial charge on any atom is 0.166 e. The lowest BCUT2D eigenvalue weighted by Crippen LogP contribution is -2.14. The number of nitrogens with one attached hydrogen (secondary N) is 1. The molecule has 17 heavy (non-hydrogen) atoms. The van der Waals surface area contributed by atoms with Crippen molar-refractivity contribution in [3.05, 3.63) is 22.2 Å². The van der Waals surface area contributed by atoms with Crippen LogP contribution < -0.4 is 15.0 Å². The minimum atomic E-state index is 0.0892. The average molecular weight is 304 g/mol. The molecule has 0 unspecified atom stereocenters. The first-order valence-electron chi connectivity index (χ1n) is 5.37. The van der Waals surface area contributed by atoms with E-state index in [-0.39, 0.29) is 6.10 Å². The number of hydrogen-bond donors (Lipinski definition) is 1. The summed E-state index contributed by atoms with van der Waals surface area (Å²) in [6.45, 7) is 4.51. The van der Waals surface area contributed by atoms with Crippen molar-refractivity contribution < 1.29 is 14.3 Å². The molecule has 0 amide bonds. The Kier molecular flexibility index (Phi) is 5.74. The fourth-order valence-electron chi connectivity index (χ4n) is 1.43.